The van der Waals surface area contributed by atoms with Crippen LogP contribution in [-0.2, 0) is 13.5 Å². The average molecular weight is 342 g/mol. The molecule has 0 radical (unpaired) electrons. The predicted octanol–water partition coefficient (Wildman–Crippen LogP) is 2.03. The van der Waals surface area contributed by atoms with E-state index in [1.54, 1.807) is 0 Å². The smallest absolute Gasteiger partial charge is 0.251 e. The molecule has 0 spiro atoms. The van der Waals surface area contributed by atoms with E-state index in [-0.39, 0.29) is 5.91 Å². The molecule has 0 aliphatic carbocycles. The summed E-state index contributed by atoms with van der Waals surface area (Å²) in [7, 11) is 4.25. The molecule has 2 aromatic rings. The molecule has 0 unspecified atom stereocenters. The third kappa shape index (κ3) is 3.72. The lowest BCUT2D eigenvalue weighted by molar-refractivity contribution is 0.0941. The lowest BCUT2D eigenvalue weighted by atomic mass is 10.1. The molecule has 2 heterocycles. The summed E-state index contributed by atoms with van der Waals surface area (Å²) in [4.78, 5) is 17.3. The summed E-state index contributed by atoms with van der Waals surface area (Å²) in [5.41, 5.74) is 4.57. The highest BCUT2D eigenvalue weighted by Gasteiger charge is 2.15. The summed E-state index contributed by atoms with van der Waals surface area (Å²) >= 11 is 0. The maximum atomic E-state index is 12.5. The van der Waals surface area contributed by atoms with Crippen molar-refractivity contribution in [1.29, 1.82) is 0 Å². The van der Waals surface area contributed by atoms with Crippen LogP contribution in [-0.4, -0.2) is 66.6 Å². The lowest BCUT2D eigenvalue weighted by Gasteiger charge is -2.32. The minimum atomic E-state index is 0.0274. The van der Waals surface area contributed by atoms with Crippen LogP contribution in [0.3, 0.4) is 0 Å². The number of carbonyl (C=O) groups excluding carboxylic acids is 1. The fourth-order valence-corrected chi connectivity index (χ4v) is 3.74. The number of aromatic nitrogens is 1. The first-order valence-corrected chi connectivity index (χ1v) is 9.28. The van der Waals surface area contributed by atoms with Crippen molar-refractivity contribution in [2.75, 3.05) is 46.3 Å². The summed E-state index contributed by atoms with van der Waals surface area (Å²) in [6.45, 7) is 10.3. The van der Waals surface area contributed by atoms with E-state index < -0.39 is 0 Å². The van der Waals surface area contributed by atoms with E-state index in [4.69, 9.17) is 0 Å². The highest BCUT2D eigenvalue weighted by molar-refractivity contribution is 5.99. The van der Waals surface area contributed by atoms with Crippen LogP contribution < -0.4 is 5.32 Å². The number of nitrogens with one attached hydrogen (secondary N) is 1. The first kappa shape index (κ1) is 18.0. The zero-order chi connectivity index (χ0) is 18.0. The predicted molar refractivity (Wildman–Crippen MR) is 103 cm³/mol. The molecule has 1 aromatic heterocycles. The van der Waals surface area contributed by atoms with E-state index >= 15 is 0 Å². The molecule has 1 aliphatic rings. The Morgan fingerprint density at radius 1 is 1.16 bits per heavy atom. The molecular weight excluding hydrogens is 312 g/mol. The maximum absolute atomic E-state index is 12.5. The molecule has 0 atom stereocenters. The molecule has 136 valence electrons. The van der Waals surface area contributed by atoms with Gasteiger partial charge in [-0.3, -0.25) is 9.69 Å². The van der Waals surface area contributed by atoms with Crippen LogP contribution in [0.1, 0.15) is 28.5 Å². The molecule has 0 saturated carbocycles. The van der Waals surface area contributed by atoms with Crippen molar-refractivity contribution in [3.63, 3.8) is 0 Å². The normalized spacial score (nSPS) is 16.5. The van der Waals surface area contributed by atoms with Gasteiger partial charge in [0, 0.05) is 68.5 Å². The van der Waals surface area contributed by atoms with Gasteiger partial charge in [-0.05, 0) is 44.2 Å². The lowest BCUT2D eigenvalue weighted by Crippen LogP contribution is -2.46. The summed E-state index contributed by atoms with van der Waals surface area (Å²) in [6, 6.07) is 6.05. The molecule has 1 saturated heterocycles. The minimum absolute atomic E-state index is 0.0274. The number of hydrogen-bond donors (Lipinski definition) is 1. The summed E-state index contributed by atoms with van der Waals surface area (Å²) in [5, 5.41) is 4.28. The molecule has 1 amide bonds. The first-order valence-electron chi connectivity index (χ1n) is 9.28. The topological polar surface area (TPSA) is 40.5 Å². The van der Waals surface area contributed by atoms with Crippen LogP contribution in [0.5, 0.6) is 0 Å². The van der Waals surface area contributed by atoms with E-state index in [2.05, 4.69) is 53.7 Å². The number of nitrogens with zero attached hydrogens (tertiary/aromatic N) is 3. The zero-order valence-electron chi connectivity index (χ0n) is 15.9. The van der Waals surface area contributed by atoms with Gasteiger partial charge in [0.15, 0.2) is 0 Å². The highest BCUT2D eigenvalue weighted by atomic mass is 16.1. The molecule has 5 heteroatoms. The van der Waals surface area contributed by atoms with Gasteiger partial charge < -0.3 is 14.8 Å². The van der Waals surface area contributed by atoms with Crippen LogP contribution in [0.15, 0.2) is 18.2 Å². The first-order chi connectivity index (χ1) is 12.0. The summed E-state index contributed by atoms with van der Waals surface area (Å²) < 4.78 is 2.21. The second-order valence-electron chi connectivity index (χ2n) is 7.11. The van der Waals surface area contributed by atoms with Crippen LogP contribution in [0.4, 0.5) is 0 Å². The Labute approximate surface area is 150 Å². The molecule has 3 rings (SSSR count). The Hall–Kier alpha value is -1.85. The third-order valence-electron chi connectivity index (χ3n) is 5.55. The van der Waals surface area contributed by atoms with Gasteiger partial charge in [0.1, 0.15) is 0 Å². The van der Waals surface area contributed by atoms with Crippen LogP contribution >= 0.6 is 0 Å². The van der Waals surface area contributed by atoms with Crippen molar-refractivity contribution in [2.24, 2.45) is 7.05 Å². The van der Waals surface area contributed by atoms with Crippen LogP contribution in [0.2, 0.25) is 0 Å². The quantitative estimate of drug-likeness (QED) is 0.904. The second-order valence-corrected chi connectivity index (χ2v) is 7.11. The number of fused-ring (bicyclic) bond motifs is 1. The van der Waals surface area contributed by atoms with E-state index in [1.807, 2.05) is 12.1 Å². The summed E-state index contributed by atoms with van der Waals surface area (Å²) in [5.74, 6) is 0.0274. The average Bonchev–Trinajstić information content (AvgIpc) is 2.86. The van der Waals surface area contributed by atoms with Gasteiger partial charge in [0.05, 0.1) is 0 Å². The van der Waals surface area contributed by atoms with Crippen molar-refractivity contribution in [2.45, 2.75) is 20.3 Å². The minimum Gasteiger partial charge on any atom is -0.351 e. The van der Waals surface area contributed by atoms with Crippen LogP contribution in [0.25, 0.3) is 10.9 Å². The number of likely N-dealkylation sites (N-methyl/N-ethyl adjacent to an activating group) is 1. The highest BCUT2D eigenvalue weighted by Crippen LogP contribution is 2.26. The summed E-state index contributed by atoms with van der Waals surface area (Å²) in [6.07, 6.45) is 0.984. The van der Waals surface area contributed by atoms with Crippen molar-refractivity contribution >= 4 is 16.8 Å². The van der Waals surface area contributed by atoms with Crippen LogP contribution in [0, 0.1) is 6.92 Å². The Balaban J connectivity index is 1.64. The number of aryl methyl sites for hydroxylation is 2. The van der Waals surface area contributed by atoms with Gasteiger partial charge >= 0.3 is 0 Å². The molecule has 25 heavy (non-hydrogen) atoms. The molecule has 0 bridgehead atoms. The molecular formula is C20H30N4O. The third-order valence-corrected chi connectivity index (χ3v) is 5.55. The van der Waals surface area contributed by atoms with Gasteiger partial charge in [-0.25, -0.2) is 0 Å². The number of carbonyl (C=O) groups is 1. The Kier molecular flexibility index (Phi) is 5.45. The Morgan fingerprint density at radius 2 is 1.88 bits per heavy atom. The van der Waals surface area contributed by atoms with Crippen molar-refractivity contribution in [1.82, 2.24) is 19.7 Å². The van der Waals surface area contributed by atoms with Gasteiger partial charge in [-0.15, -0.1) is 0 Å². The molecule has 1 aromatic carbocycles. The number of benzene rings is 1. The Bertz CT molecular complexity index is 757. The molecule has 1 fully saturated rings. The number of amides is 1. The van der Waals surface area contributed by atoms with Crippen molar-refractivity contribution in [3.8, 4) is 0 Å². The molecule has 1 aliphatic heterocycles. The van der Waals surface area contributed by atoms with E-state index in [9.17, 15) is 4.79 Å². The fraction of sp³-hybridized carbons (Fsp3) is 0.550. The standard InChI is InChI=1S/C20H30N4O/c1-5-17-15(2)23(4)19-7-6-16(14-18(17)19)20(25)21-8-9-24-12-10-22(3)11-13-24/h6-7,14H,5,8-13H2,1-4H3,(H,21,25). The van der Waals surface area contributed by atoms with E-state index in [0.717, 1.165) is 44.7 Å². The van der Waals surface area contributed by atoms with E-state index in [1.165, 1.54) is 22.2 Å². The fourth-order valence-electron chi connectivity index (χ4n) is 3.74. The van der Waals surface area contributed by atoms with E-state index in [0.29, 0.717) is 6.54 Å². The van der Waals surface area contributed by atoms with Crippen molar-refractivity contribution in [3.05, 3.63) is 35.0 Å². The van der Waals surface area contributed by atoms with Crippen molar-refractivity contribution < 1.29 is 4.79 Å². The zero-order valence-corrected chi connectivity index (χ0v) is 15.9. The number of piperazine rings is 1. The second kappa shape index (κ2) is 7.58. The van der Waals surface area contributed by atoms with Gasteiger partial charge in [-0.2, -0.15) is 0 Å². The van der Waals surface area contributed by atoms with Gasteiger partial charge in [-0.1, -0.05) is 6.92 Å². The monoisotopic (exact) mass is 342 g/mol. The largest absolute Gasteiger partial charge is 0.351 e. The van der Waals surface area contributed by atoms with Gasteiger partial charge in [0.2, 0.25) is 0 Å². The SMILES string of the molecule is CCc1c(C)n(C)c2ccc(C(=O)NCCN3CCN(C)CC3)cc12. The molecule has 5 nitrogen and oxygen atoms in total. The van der Waals surface area contributed by atoms with Gasteiger partial charge in [0.25, 0.3) is 5.91 Å². The molecule has 1 N–H and O–H groups in total. The maximum Gasteiger partial charge on any atom is 0.251 e. The number of rotatable bonds is 5. The number of hydrogen-bond acceptors (Lipinski definition) is 3. The Morgan fingerprint density at radius 3 is 2.56 bits per heavy atom.